The van der Waals surface area contributed by atoms with E-state index in [1.807, 2.05) is 12.1 Å². The van der Waals surface area contributed by atoms with Crippen molar-refractivity contribution in [2.75, 3.05) is 18.9 Å². The number of carbonyl (C=O) groups excluding carboxylic acids is 1. The number of carbonyl (C=O) groups is 1. The summed E-state index contributed by atoms with van der Waals surface area (Å²) < 4.78 is 14.1. The molecular weight excluding hydrogens is 361 g/mol. The average Bonchev–Trinajstić information content (AvgIpc) is 3.41. The molecule has 1 saturated carbocycles. The number of nitrogens with one attached hydrogen (secondary N) is 1. The minimum absolute atomic E-state index is 0.0412. The molecule has 6 heteroatoms. The number of halogens is 1. The van der Waals surface area contributed by atoms with E-state index in [4.69, 9.17) is 4.98 Å². The molecule has 1 aromatic carbocycles. The number of hydrogen-bond acceptors (Lipinski definition) is 4. The Morgan fingerprint density at radius 2 is 2.11 bits per heavy atom. The van der Waals surface area contributed by atoms with Crippen molar-refractivity contribution in [3.8, 4) is 0 Å². The van der Waals surface area contributed by atoms with Crippen LogP contribution in [0.4, 0.5) is 9.52 Å². The quantitative estimate of drug-likeness (QED) is 0.826. The number of aromatic nitrogens is 1. The van der Waals surface area contributed by atoms with Gasteiger partial charge in [0.25, 0.3) is 0 Å². The summed E-state index contributed by atoms with van der Waals surface area (Å²) in [7, 11) is 2.11. The average molecular weight is 388 g/mol. The molecule has 1 saturated heterocycles. The van der Waals surface area contributed by atoms with Crippen molar-refractivity contribution < 1.29 is 9.18 Å². The largest absolute Gasteiger partial charge is 0.304 e. The summed E-state index contributed by atoms with van der Waals surface area (Å²) in [4.78, 5) is 20.8. The predicted octanol–water partition coefficient (Wildman–Crippen LogP) is 4.42. The van der Waals surface area contributed by atoms with Crippen molar-refractivity contribution in [1.29, 1.82) is 0 Å². The Labute approximate surface area is 163 Å². The minimum Gasteiger partial charge on any atom is -0.304 e. The molecule has 144 valence electrons. The number of anilines is 1. The van der Waals surface area contributed by atoms with E-state index >= 15 is 0 Å². The second kappa shape index (κ2) is 7.68. The number of rotatable bonds is 5. The lowest BCUT2D eigenvalue weighted by atomic mass is 9.91. The van der Waals surface area contributed by atoms with Gasteiger partial charge in [-0.05, 0) is 57.8 Å². The molecule has 4 nitrogen and oxygen atoms in total. The fourth-order valence-electron chi connectivity index (χ4n) is 3.77. The molecule has 27 heavy (non-hydrogen) atoms. The third-order valence-corrected chi connectivity index (χ3v) is 6.80. The molecule has 1 N–H and O–H groups in total. The van der Waals surface area contributed by atoms with Crippen molar-refractivity contribution in [3.63, 3.8) is 0 Å². The number of amides is 1. The summed E-state index contributed by atoms with van der Waals surface area (Å²) in [6.07, 6.45) is 4.57. The van der Waals surface area contributed by atoms with E-state index in [0.717, 1.165) is 42.8 Å². The molecule has 0 spiro atoms. The Bertz CT molecular complexity index is 833. The van der Waals surface area contributed by atoms with Crippen LogP contribution in [0.25, 0.3) is 0 Å². The van der Waals surface area contributed by atoms with Crippen LogP contribution in [-0.2, 0) is 11.2 Å². The number of benzene rings is 1. The Hall–Kier alpha value is -1.79. The Balaban J connectivity index is 1.49. The molecular formula is C21H26FN3OS. The molecule has 0 bridgehead atoms. The smallest absolute Gasteiger partial charge is 0.229 e. The molecule has 0 radical (unpaired) electrons. The number of thiazole rings is 1. The number of nitrogens with zero attached hydrogens (tertiary/aromatic N) is 2. The summed E-state index contributed by atoms with van der Waals surface area (Å²) in [6.45, 7) is 3.11. The van der Waals surface area contributed by atoms with Crippen LogP contribution in [0.2, 0.25) is 0 Å². The zero-order valence-electron chi connectivity index (χ0n) is 15.9. The molecule has 2 aliphatic rings. The first kappa shape index (κ1) is 18.6. The van der Waals surface area contributed by atoms with Crippen LogP contribution in [-0.4, -0.2) is 35.4 Å². The van der Waals surface area contributed by atoms with Crippen molar-refractivity contribution in [3.05, 3.63) is 46.2 Å². The minimum atomic E-state index is -0.182. The van der Waals surface area contributed by atoms with E-state index in [1.165, 1.54) is 17.4 Å². The van der Waals surface area contributed by atoms with Crippen LogP contribution in [0.5, 0.6) is 0 Å². The molecule has 2 heterocycles. The zero-order chi connectivity index (χ0) is 19.0. The van der Waals surface area contributed by atoms with Gasteiger partial charge in [0, 0.05) is 29.2 Å². The second-order valence-electron chi connectivity index (χ2n) is 7.91. The molecule has 2 aromatic rings. The highest BCUT2D eigenvalue weighted by molar-refractivity contribution is 7.15. The number of hydrogen-bond donors (Lipinski definition) is 1. The third kappa shape index (κ3) is 4.22. The van der Waals surface area contributed by atoms with Crippen LogP contribution in [0.15, 0.2) is 24.3 Å². The summed E-state index contributed by atoms with van der Waals surface area (Å²) in [5.74, 6) is 0.401. The van der Waals surface area contributed by atoms with Gasteiger partial charge in [-0.15, -0.1) is 11.3 Å². The highest BCUT2D eigenvalue weighted by atomic mass is 32.1. The van der Waals surface area contributed by atoms with E-state index in [9.17, 15) is 9.18 Å². The summed E-state index contributed by atoms with van der Waals surface area (Å²) in [6, 6.07) is 7.31. The molecule has 2 atom stereocenters. The van der Waals surface area contributed by atoms with Crippen LogP contribution in [0, 0.1) is 11.7 Å². The van der Waals surface area contributed by atoms with E-state index < -0.39 is 0 Å². The predicted molar refractivity (Wildman–Crippen MR) is 107 cm³/mol. The molecule has 1 aliphatic carbocycles. The molecule has 2 fully saturated rings. The van der Waals surface area contributed by atoms with Gasteiger partial charge < -0.3 is 10.2 Å². The maximum Gasteiger partial charge on any atom is 0.229 e. The monoisotopic (exact) mass is 387 g/mol. The van der Waals surface area contributed by atoms with Crippen LogP contribution >= 0.6 is 11.3 Å². The summed E-state index contributed by atoms with van der Waals surface area (Å²) >= 11 is 1.50. The Morgan fingerprint density at radius 3 is 2.81 bits per heavy atom. The van der Waals surface area contributed by atoms with Gasteiger partial charge in [0.15, 0.2) is 5.13 Å². The first-order valence-corrected chi connectivity index (χ1v) is 10.6. The topological polar surface area (TPSA) is 45.2 Å². The van der Waals surface area contributed by atoms with Gasteiger partial charge in [0.1, 0.15) is 5.82 Å². The lowest BCUT2D eigenvalue weighted by Gasteiger charge is -2.34. The third-order valence-electron chi connectivity index (χ3n) is 5.81. The van der Waals surface area contributed by atoms with Gasteiger partial charge in [-0.1, -0.05) is 18.2 Å². The first-order chi connectivity index (χ1) is 13.0. The Morgan fingerprint density at radius 1 is 1.33 bits per heavy atom. The lowest BCUT2D eigenvalue weighted by Crippen LogP contribution is -2.41. The maximum absolute atomic E-state index is 14.1. The number of piperidine rings is 1. The SMILES string of the molecule is C[C@H]1C[C@@H](C(=O)Nc2nc(C3CC3)c(Cc3ccccc3F)s2)CCN1C. The highest BCUT2D eigenvalue weighted by Gasteiger charge is 2.32. The van der Waals surface area contributed by atoms with Gasteiger partial charge in [0.05, 0.1) is 5.69 Å². The standard InChI is InChI=1S/C21H26FN3OS/c1-13-11-16(9-10-25(13)2)20(26)24-21-23-19(14-7-8-14)18(27-21)12-15-5-3-4-6-17(15)22/h3-6,13-14,16H,7-12H2,1-2H3,(H,23,24,26)/t13-,16-/m0/s1. The normalized spacial score (nSPS) is 23.4. The summed E-state index contributed by atoms with van der Waals surface area (Å²) in [5, 5.41) is 3.71. The van der Waals surface area contributed by atoms with Gasteiger partial charge in [-0.25, -0.2) is 9.37 Å². The molecule has 1 amide bonds. The molecule has 1 aliphatic heterocycles. The molecule has 0 unspecified atom stereocenters. The zero-order valence-corrected chi connectivity index (χ0v) is 16.7. The molecule has 1 aromatic heterocycles. The number of likely N-dealkylation sites (tertiary alicyclic amines) is 1. The second-order valence-corrected chi connectivity index (χ2v) is 8.99. The Kier molecular flexibility index (Phi) is 5.28. The molecule has 4 rings (SSSR count). The van der Waals surface area contributed by atoms with E-state index in [1.54, 1.807) is 6.07 Å². The highest BCUT2D eigenvalue weighted by Crippen LogP contribution is 2.44. The lowest BCUT2D eigenvalue weighted by molar-refractivity contribution is -0.121. The van der Waals surface area contributed by atoms with Gasteiger partial charge in [0.2, 0.25) is 5.91 Å². The van der Waals surface area contributed by atoms with Crippen LogP contribution in [0.3, 0.4) is 0 Å². The van der Waals surface area contributed by atoms with Crippen molar-refractivity contribution in [1.82, 2.24) is 9.88 Å². The first-order valence-electron chi connectivity index (χ1n) is 9.75. The summed E-state index contributed by atoms with van der Waals surface area (Å²) in [5.41, 5.74) is 1.74. The maximum atomic E-state index is 14.1. The van der Waals surface area contributed by atoms with Crippen LogP contribution in [0.1, 0.15) is 54.7 Å². The van der Waals surface area contributed by atoms with E-state index in [2.05, 4.69) is 24.2 Å². The van der Waals surface area contributed by atoms with E-state index in [0.29, 0.717) is 29.1 Å². The van der Waals surface area contributed by atoms with Gasteiger partial charge >= 0.3 is 0 Å². The van der Waals surface area contributed by atoms with Gasteiger partial charge in [-0.3, -0.25) is 4.79 Å². The van der Waals surface area contributed by atoms with E-state index in [-0.39, 0.29) is 17.6 Å². The fourth-order valence-corrected chi connectivity index (χ4v) is 4.84. The van der Waals surface area contributed by atoms with Gasteiger partial charge in [-0.2, -0.15) is 0 Å². The van der Waals surface area contributed by atoms with Crippen molar-refractivity contribution in [2.24, 2.45) is 5.92 Å². The fraction of sp³-hybridized carbons (Fsp3) is 0.524. The van der Waals surface area contributed by atoms with Crippen LogP contribution < -0.4 is 5.32 Å². The van der Waals surface area contributed by atoms with Crippen molar-refractivity contribution >= 4 is 22.4 Å². The van der Waals surface area contributed by atoms with Crippen molar-refractivity contribution in [2.45, 2.75) is 51.0 Å².